The highest BCUT2D eigenvalue weighted by Crippen LogP contribution is 2.21. The van der Waals surface area contributed by atoms with Crippen LogP contribution in [-0.2, 0) is 11.3 Å². The quantitative estimate of drug-likeness (QED) is 0.693. The third kappa shape index (κ3) is 2.91. The van der Waals surface area contributed by atoms with Gasteiger partial charge in [-0.15, -0.1) is 0 Å². The summed E-state index contributed by atoms with van der Waals surface area (Å²) in [7, 11) is 0. The minimum atomic E-state index is -0.561. The SMILES string of the molecule is Cc1c(N)cccc1C(=O)OCc1c(F)cccc1Cl. The molecule has 20 heavy (non-hydrogen) atoms. The Morgan fingerprint density at radius 2 is 2.00 bits per heavy atom. The molecule has 0 fully saturated rings. The van der Waals surface area contributed by atoms with E-state index in [1.54, 1.807) is 31.2 Å². The molecule has 2 aromatic carbocycles. The van der Waals surface area contributed by atoms with E-state index in [4.69, 9.17) is 22.1 Å². The predicted octanol–water partition coefficient (Wildman–Crippen LogP) is 3.73. The number of esters is 1. The van der Waals surface area contributed by atoms with Crippen LogP contribution in [0.25, 0.3) is 0 Å². The van der Waals surface area contributed by atoms with Crippen LogP contribution in [0.2, 0.25) is 5.02 Å². The van der Waals surface area contributed by atoms with E-state index in [1.165, 1.54) is 12.1 Å². The first-order valence-corrected chi connectivity index (χ1v) is 6.33. The number of nitrogens with two attached hydrogens (primary N) is 1. The van der Waals surface area contributed by atoms with Gasteiger partial charge in [0.2, 0.25) is 0 Å². The topological polar surface area (TPSA) is 52.3 Å². The molecule has 2 aromatic rings. The van der Waals surface area contributed by atoms with E-state index in [1.807, 2.05) is 0 Å². The van der Waals surface area contributed by atoms with Crippen molar-refractivity contribution in [2.75, 3.05) is 5.73 Å². The predicted molar refractivity (Wildman–Crippen MR) is 76.1 cm³/mol. The van der Waals surface area contributed by atoms with Gasteiger partial charge in [-0.25, -0.2) is 9.18 Å². The van der Waals surface area contributed by atoms with Crippen molar-refractivity contribution in [2.24, 2.45) is 0 Å². The van der Waals surface area contributed by atoms with Crippen molar-refractivity contribution in [2.45, 2.75) is 13.5 Å². The molecule has 2 rings (SSSR count). The number of nitrogen functional groups attached to an aromatic ring is 1. The number of carbonyl (C=O) groups is 1. The van der Waals surface area contributed by atoms with Gasteiger partial charge in [0, 0.05) is 11.3 Å². The lowest BCUT2D eigenvalue weighted by Gasteiger charge is -2.10. The fraction of sp³-hybridized carbons (Fsp3) is 0.133. The monoisotopic (exact) mass is 293 g/mol. The summed E-state index contributed by atoms with van der Waals surface area (Å²) >= 11 is 5.86. The van der Waals surface area contributed by atoms with E-state index in [0.29, 0.717) is 16.8 Å². The maximum absolute atomic E-state index is 13.6. The molecule has 0 bridgehead atoms. The molecule has 0 heterocycles. The molecule has 0 aliphatic rings. The maximum Gasteiger partial charge on any atom is 0.338 e. The zero-order valence-electron chi connectivity index (χ0n) is 10.8. The lowest BCUT2D eigenvalue weighted by Crippen LogP contribution is -2.09. The van der Waals surface area contributed by atoms with Crippen LogP contribution >= 0.6 is 11.6 Å². The van der Waals surface area contributed by atoms with Crippen molar-refractivity contribution in [3.05, 3.63) is 63.9 Å². The number of anilines is 1. The summed E-state index contributed by atoms with van der Waals surface area (Å²) < 4.78 is 18.6. The van der Waals surface area contributed by atoms with Crippen molar-refractivity contribution >= 4 is 23.3 Å². The molecule has 0 amide bonds. The molecule has 0 saturated carbocycles. The molecule has 0 aromatic heterocycles. The fourth-order valence-corrected chi connectivity index (χ4v) is 1.98. The van der Waals surface area contributed by atoms with Crippen molar-refractivity contribution in [3.8, 4) is 0 Å². The zero-order chi connectivity index (χ0) is 14.7. The molecule has 0 aliphatic heterocycles. The molecule has 0 saturated heterocycles. The van der Waals surface area contributed by atoms with Crippen LogP contribution in [0.5, 0.6) is 0 Å². The summed E-state index contributed by atoms with van der Waals surface area (Å²) in [5.41, 5.74) is 7.38. The summed E-state index contributed by atoms with van der Waals surface area (Å²) in [4.78, 5) is 12.0. The average Bonchev–Trinajstić information content (AvgIpc) is 2.41. The Hall–Kier alpha value is -2.07. The van der Waals surface area contributed by atoms with Crippen LogP contribution in [0.3, 0.4) is 0 Å². The normalized spacial score (nSPS) is 10.3. The maximum atomic E-state index is 13.6. The Morgan fingerprint density at radius 3 is 2.70 bits per heavy atom. The largest absolute Gasteiger partial charge is 0.457 e. The molecule has 104 valence electrons. The van der Waals surface area contributed by atoms with E-state index in [9.17, 15) is 9.18 Å². The van der Waals surface area contributed by atoms with Crippen LogP contribution in [0.15, 0.2) is 36.4 Å². The van der Waals surface area contributed by atoms with Gasteiger partial charge in [-0.3, -0.25) is 0 Å². The molecule has 0 spiro atoms. The van der Waals surface area contributed by atoms with Crippen LogP contribution in [0, 0.1) is 12.7 Å². The van der Waals surface area contributed by atoms with Crippen LogP contribution in [0.1, 0.15) is 21.5 Å². The van der Waals surface area contributed by atoms with Crippen LogP contribution in [0.4, 0.5) is 10.1 Å². The zero-order valence-corrected chi connectivity index (χ0v) is 11.6. The highest BCUT2D eigenvalue weighted by molar-refractivity contribution is 6.31. The Kier molecular flexibility index (Phi) is 4.25. The molecule has 5 heteroatoms. The number of halogens is 2. The highest BCUT2D eigenvalue weighted by atomic mass is 35.5. The van der Waals surface area contributed by atoms with Crippen molar-refractivity contribution in [3.63, 3.8) is 0 Å². The van der Waals surface area contributed by atoms with E-state index >= 15 is 0 Å². The van der Waals surface area contributed by atoms with Crippen LogP contribution < -0.4 is 5.73 Å². The standard InChI is InChI=1S/C15H13ClFNO2/c1-9-10(4-2-7-14(9)18)15(19)20-8-11-12(16)5-3-6-13(11)17/h2-7H,8,18H2,1H3. The first-order chi connectivity index (χ1) is 9.50. The van der Waals surface area contributed by atoms with Crippen molar-refractivity contribution < 1.29 is 13.9 Å². The van der Waals surface area contributed by atoms with Crippen molar-refractivity contribution in [1.29, 1.82) is 0 Å². The smallest absolute Gasteiger partial charge is 0.338 e. The second-order valence-electron chi connectivity index (χ2n) is 4.30. The van der Waals surface area contributed by atoms with Gasteiger partial charge in [0.15, 0.2) is 0 Å². The van der Waals surface area contributed by atoms with E-state index in [-0.39, 0.29) is 17.2 Å². The summed E-state index contributed by atoms with van der Waals surface area (Å²) in [6.07, 6.45) is 0. The van der Waals surface area contributed by atoms with Gasteiger partial charge in [-0.2, -0.15) is 0 Å². The third-order valence-corrected chi connectivity index (χ3v) is 3.36. The van der Waals surface area contributed by atoms with Gasteiger partial charge in [0.05, 0.1) is 10.6 Å². The summed E-state index contributed by atoms with van der Waals surface area (Å²) in [5.74, 6) is -1.07. The number of hydrogen-bond acceptors (Lipinski definition) is 3. The molecule has 3 nitrogen and oxygen atoms in total. The third-order valence-electron chi connectivity index (χ3n) is 3.00. The molecule has 0 atom stereocenters. The van der Waals surface area contributed by atoms with Gasteiger partial charge in [-0.1, -0.05) is 23.7 Å². The van der Waals surface area contributed by atoms with E-state index in [0.717, 1.165) is 0 Å². The highest BCUT2D eigenvalue weighted by Gasteiger charge is 2.14. The first-order valence-electron chi connectivity index (χ1n) is 5.96. The number of hydrogen-bond donors (Lipinski definition) is 1. The Balaban J connectivity index is 2.15. The molecule has 0 aliphatic carbocycles. The Morgan fingerprint density at radius 1 is 1.30 bits per heavy atom. The molecular formula is C15H13ClFNO2. The van der Waals surface area contributed by atoms with Gasteiger partial charge in [0.25, 0.3) is 0 Å². The van der Waals surface area contributed by atoms with Gasteiger partial charge in [0.1, 0.15) is 12.4 Å². The lowest BCUT2D eigenvalue weighted by atomic mass is 10.1. The van der Waals surface area contributed by atoms with Gasteiger partial charge >= 0.3 is 5.97 Å². The van der Waals surface area contributed by atoms with Gasteiger partial charge in [-0.05, 0) is 36.8 Å². The summed E-state index contributed by atoms with van der Waals surface area (Å²) in [6.45, 7) is 1.50. The molecule has 0 radical (unpaired) electrons. The second-order valence-corrected chi connectivity index (χ2v) is 4.70. The van der Waals surface area contributed by atoms with E-state index < -0.39 is 11.8 Å². The van der Waals surface area contributed by atoms with E-state index in [2.05, 4.69) is 0 Å². The van der Waals surface area contributed by atoms with Crippen LogP contribution in [-0.4, -0.2) is 5.97 Å². The Labute approximate surface area is 121 Å². The molecular weight excluding hydrogens is 281 g/mol. The lowest BCUT2D eigenvalue weighted by molar-refractivity contribution is 0.0468. The minimum absolute atomic E-state index is 0.157. The summed E-state index contributed by atoms with van der Waals surface area (Å²) in [6, 6.07) is 9.26. The molecule has 0 unspecified atom stereocenters. The second kappa shape index (κ2) is 5.92. The number of ether oxygens (including phenoxy) is 1. The van der Waals surface area contributed by atoms with Gasteiger partial charge < -0.3 is 10.5 Å². The number of benzene rings is 2. The first kappa shape index (κ1) is 14.3. The molecule has 2 N–H and O–H groups in total. The average molecular weight is 294 g/mol. The number of rotatable bonds is 3. The number of carbonyl (C=O) groups excluding carboxylic acids is 1. The fourth-order valence-electron chi connectivity index (χ4n) is 1.76. The summed E-state index contributed by atoms with van der Waals surface area (Å²) in [5, 5.41) is 0.224. The van der Waals surface area contributed by atoms with Crippen molar-refractivity contribution in [1.82, 2.24) is 0 Å². The minimum Gasteiger partial charge on any atom is -0.457 e. The Bertz CT molecular complexity index is 638.